The van der Waals surface area contributed by atoms with E-state index < -0.39 is 31.3 Å². The second-order valence-corrected chi connectivity index (χ2v) is 2.18. The van der Waals surface area contributed by atoms with Crippen LogP contribution in [0.3, 0.4) is 0 Å². The van der Waals surface area contributed by atoms with Crippen molar-refractivity contribution < 1.29 is 24.4 Å². The summed E-state index contributed by atoms with van der Waals surface area (Å²) in [5, 5.41) is 25.8. The molecule has 0 aromatic heterocycles. The van der Waals surface area contributed by atoms with Crippen molar-refractivity contribution in [2.45, 2.75) is 24.7 Å². The molecule has 0 spiro atoms. The average molecular weight is 152 g/mol. The lowest BCUT2D eigenvalue weighted by Crippen LogP contribution is -2.30. The summed E-state index contributed by atoms with van der Waals surface area (Å²) in [7, 11) is 0. The molecule has 1 saturated heterocycles. The lowest BCUT2D eigenvalue weighted by Gasteiger charge is -2.08. The Kier molecular flexibility index (Phi) is 2.20. The summed E-state index contributed by atoms with van der Waals surface area (Å²) in [5.41, 5.74) is 0. The van der Waals surface area contributed by atoms with E-state index in [0.29, 0.717) is 0 Å². The van der Waals surface area contributed by atoms with Gasteiger partial charge in [-0.2, -0.15) is 0 Å². The molecule has 0 bridgehead atoms. The molecule has 0 aliphatic carbocycles. The second kappa shape index (κ2) is 2.79. The number of aliphatic hydroxyl groups is 3. The quantitative estimate of drug-likeness (QED) is 0.423. The Hall–Kier alpha value is -0.230. The van der Waals surface area contributed by atoms with Crippen molar-refractivity contribution in [1.82, 2.24) is 0 Å². The topological polar surface area (TPSA) is 69.9 Å². The molecule has 60 valence electrons. The van der Waals surface area contributed by atoms with Crippen molar-refractivity contribution >= 4 is 0 Å². The normalized spacial score (nSPS) is 48.0. The van der Waals surface area contributed by atoms with Gasteiger partial charge in [-0.3, -0.25) is 0 Å². The fraction of sp³-hybridized carbons (Fsp3) is 1.00. The zero-order valence-electron chi connectivity index (χ0n) is 5.14. The van der Waals surface area contributed by atoms with Crippen molar-refractivity contribution in [1.29, 1.82) is 0 Å². The minimum atomic E-state index is -1.81. The van der Waals surface area contributed by atoms with E-state index in [1.165, 1.54) is 0 Å². The molecule has 1 rings (SSSR count). The third-order valence-electron chi connectivity index (χ3n) is 1.47. The van der Waals surface area contributed by atoms with Crippen LogP contribution < -0.4 is 0 Å². The Labute approximate surface area is 56.9 Å². The van der Waals surface area contributed by atoms with Gasteiger partial charge < -0.3 is 20.1 Å². The standard InChI is InChI=1S/C5H9FO4/c6-3-4(8)2(1-7)10-5(3)9/h2-5,7-9H,1H2/t2-,3?,4?,5?/m1/s1. The summed E-state index contributed by atoms with van der Waals surface area (Å²) in [5.74, 6) is 0. The Morgan fingerprint density at radius 2 is 2.00 bits per heavy atom. The van der Waals surface area contributed by atoms with Gasteiger partial charge in [-0.1, -0.05) is 0 Å². The molecule has 1 aliphatic rings. The predicted octanol–water partition coefficient (Wildman–Crippen LogP) is -1.61. The van der Waals surface area contributed by atoms with Crippen molar-refractivity contribution in [3.05, 3.63) is 0 Å². The summed E-state index contributed by atoms with van der Waals surface area (Å²) < 4.78 is 16.8. The molecular weight excluding hydrogens is 143 g/mol. The van der Waals surface area contributed by atoms with E-state index >= 15 is 0 Å². The van der Waals surface area contributed by atoms with E-state index in [1.807, 2.05) is 0 Å². The summed E-state index contributed by atoms with van der Waals surface area (Å²) in [6, 6.07) is 0. The molecule has 0 amide bonds. The maximum absolute atomic E-state index is 12.4. The lowest BCUT2D eigenvalue weighted by molar-refractivity contribution is -0.121. The van der Waals surface area contributed by atoms with Crippen LogP contribution >= 0.6 is 0 Å². The summed E-state index contributed by atoms with van der Waals surface area (Å²) >= 11 is 0. The monoisotopic (exact) mass is 152 g/mol. The number of halogens is 1. The van der Waals surface area contributed by atoms with Gasteiger partial charge in [-0.25, -0.2) is 4.39 Å². The molecule has 1 heterocycles. The van der Waals surface area contributed by atoms with Crippen molar-refractivity contribution in [2.75, 3.05) is 6.61 Å². The molecule has 3 unspecified atom stereocenters. The summed E-state index contributed by atoms with van der Waals surface area (Å²) in [6.45, 7) is -0.487. The van der Waals surface area contributed by atoms with Crippen LogP contribution in [0.4, 0.5) is 4.39 Å². The van der Waals surface area contributed by atoms with E-state index in [2.05, 4.69) is 4.74 Å². The minimum Gasteiger partial charge on any atom is -0.394 e. The van der Waals surface area contributed by atoms with Gasteiger partial charge in [0, 0.05) is 0 Å². The highest BCUT2D eigenvalue weighted by atomic mass is 19.1. The first-order chi connectivity index (χ1) is 4.66. The first-order valence-electron chi connectivity index (χ1n) is 2.93. The van der Waals surface area contributed by atoms with Crippen molar-refractivity contribution in [3.63, 3.8) is 0 Å². The molecule has 0 saturated carbocycles. The van der Waals surface area contributed by atoms with E-state index in [9.17, 15) is 4.39 Å². The van der Waals surface area contributed by atoms with Gasteiger partial charge in [-0.05, 0) is 0 Å². The first-order valence-corrected chi connectivity index (χ1v) is 2.93. The predicted molar refractivity (Wildman–Crippen MR) is 28.9 cm³/mol. The third-order valence-corrected chi connectivity index (χ3v) is 1.47. The Morgan fingerprint density at radius 1 is 1.40 bits per heavy atom. The zero-order chi connectivity index (χ0) is 7.72. The SMILES string of the molecule is OC[C@H]1OC(O)C(F)C1O. The van der Waals surface area contributed by atoms with Gasteiger partial charge in [-0.15, -0.1) is 0 Å². The maximum Gasteiger partial charge on any atom is 0.189 e. The number of aliphatic hydroxyl groups excluding tert-OH is 3. The molecule has 1 fully saturated rings. The highest BCUT2D eigenvalue weighted by molar-refractivity contribution is 4.85. The van der Waals surface area contributed by atoms with E-state index in [-0.39, 0.29) is 0 Å². The van der Waals surface area contributed by atoms with Gasteiger partial charge in [0.1, 0.15) is 12.2 Å². The second-order valence-electron chi connectivity index (χ2n) is 2.18. The molecule has 0 aromatic rings. The summed E-state index contributed by atoms with van der Waals surface area (Å²) in [6.07, 6.45) is -5.82. The van der Waals surface area contributed by atoms with E-state index in [1.54, 1.807) is 0 Å². The van der Waals surface area contributed by atoms with Crippen LogP contribution in [0.25, 0.3) is 0 Å². The van der Waals surface area contributed by atoms with Crippen LogP contribution in [0.15, 0.2) is 0 Å². The van der Waals surface area contributed by atoms with Crippen LogP contribution in [-0.2, 0) is 4.74 Å². The molecule has 5 heteroatoms. The Balaban J connectivity index is 2.53. The zero-order valence-corrected chi connectivity index (χ0v) is 5.14. The molecular formula is C5H9FO4. The van der Waals surface area contributed by atoms with E-state index in [4.69, 9.17) is 15.3 Å². The largest absolute Gasteiger partial charge is 0.394 e. The fourth-order valence-electron chi connectivity index (χ4n) is 0.859. The highest BCUT2D eigenvalue weighted by Gasteiger charge is 2.42. The number of hydrogen-bond donors (Lipinski definition) is 3. The van der Waals surface area contributed by atoms with Gasteiger partial charge in [0.2, 0.25) is 0 Å². The smallest absolute Gasteiger partial charge is 0.189 e. The average Bonchev–Trinajstić information content (AvgIpc) is 2.17. The minimum absolute atomic E-state index is 0.487. The van der Waals surface area contributed by atoms with Crippen LogP contribution in [0.1, 0.15) is 0 Å². The lowest BCUT2D eigenvalue weighted by atomic mass is 10.2. The van der Waals surface area contributed by atoms with Crippen LogP contribution in [0, 0.1) is 0 Å². The number of rotatable bonds is 1. The molecule has 10 heavy (non-hydrogen) atoms. The number of ether oxygens (including phenoxy) is 1. The number of hydrogen-bond acceptors (Lipinski definition) is 4. The summed E-state index contributed by atoms with van der Waals surface area (Å²) in [4.78, 5) is 0. The molecule has 0 aromatic carbocycles. The fourth-order valence-corrected chi connectivity index (χ4v) is 0.859. The molecule has 4 nitrogen and oxygen atoms in total. The Bertz CT molecular complexity index is 120. The molecule has 0 radical (unpaired) electrons. The number of alkyl halides is 1. The van der Waals surface area contributed by atoms with Gasteiger partial charge in [0.25, 0.3) is 0 Å². The van der Waals surface area contributed by atoms with Crippen molar-refractivity contribution in [2.24, 2.45) is 0 Å². The van der Waals surface area contributed by atoms with Crippen LogP contribution in [-0.4, -0.2) is 46.6 Å². The van der Waals surface area contributed by atoms with Crippen molar-refractivity contribution in [3.8, 4) is 0 Å². The van der Waals surface area contributed by atoms with Crippen LogP contribution in [0.2, 0.25) is 0 Å². The molecule has 3 N–H and O–H groups in total. The van der Waals surface area contributed by atoms with Gasteiger partial charge in [0.05, 0.1) is 6.61 Å². The van der Waals surface area contributed by atoms with Gasteiger partial charge >= 0.3 is 0 Å². The first kappa shape index (κ1) is 7.87. The molecule has 4 atom stereocenters. The van der Waals surface area contributed by atoms with E-state index in [0.717, 1.165) is 0 Å². The maximum atomic E-state index is 12.4. The highest BCUT2D eigenvalue weighted by Crippen LogP contribution is 2.21. The van der Waals surface area contributed by atoms with Crippen LogP contribution in [0.5, 0.6) is 0 Å². The third kappa shape index (κ3) is 1.13. The Morgan fingerprint density at radius 3 is 2.20 bits per heavy atom. The van der Waals surface area contributed by atoms with Gasteiger partial charge in [0.15, 0.2) is 12.5 Å². The molecule has 1 aliphatic heterocycles.